The van der Waals surface area contributed by atoms with Gasteiger partial charge in [0.05, 0.1) is 6.54 Å². The molecular weight excluding hydrogens is 174 g/mol. The van der Waals surface area contributed by atoms with Crippen LogP contribution in [0.4, 0.5) is 0 Å². The van der Waals surface area contributed by atoms with Gasteiger partial charge in [0.15, 0.2) is 0 Å². The van der Waals surface area contributed by atoms with Crippen molar-refractivity contribution in [2.24, 2.45) is 0 Å². The molecule has 0 aromatic carbocycles. The quantitative estimate of drug-likeness (QED) is 0.362. The number of amides is 1. The van der Waals surface area contributed by atoms with E-state index in [1.807, 2.05) is 0 Å². The molecule has 1 amide bonds. The molecular formula is C8H13NO4. The number of hydrogen-bond donors (Lipinski definition) is 1. The molecule has 0 bridgehead atoms. The summed E-state index contributed by atoms with van der Waals surface area (Å²) in [6.45, 7) is 3.07. The van der Waals surface area contributed by atoms with Crippen molar-refractivity contribution >= 4 is 17.7 Å². The van der Waals surface area contributed by atoms with Crippen LogP contribution in [0.3, 0.4) is 0 Å². The van der Waals surface area contributed by atoms with Crippen molar-refractivity contribution in [3.05, 3.63) is 0 Å². The van der Waals surface area contributed by atoms with Gasteiger partial charge in [-0.2, -0.15) is 0 Å². The zero-order valence-electron chi connectivity index (χ0n) is 7.75. The third-order valence-electron chi connectivity index (χ3n) is 1.13. The van der Waals surface area contributed by atoms with Gasteiger partial charge in [-0.25, -0.2) is 0 Å². The van der Waals surface area contributed by atoms with E-state index >= 15 is 0 Å². The highest BCUT2D eigenvalue weighted by atomic mass is 16.5. The Morgan fingerprint density at radius 2 is 1.85 bits per heavy atom. The van der Waals surface area contributed by atoms with Gasteiger partial charge in [0.25, 0.3) is 0 Å². The van der Waals surface area contributed by atoms with E-state index in [2.05, 4.69) is 10.1 Å². The maximum Gasteiger partial charge on any atom is 0.313 e. The topological polar surface area (TPSA) is 72.5 Å². The molecule has 0 aliphatic heterocycles. The summed E-state index contributed by atoms with van der Waals surface area (Å²) < 4.78 is 4.63. The van der Waals surface area contributed by atoms with E-state index in [1.54, 1.807) is 0 Å². The molecule has 1 N–H and O–H groups in total. The first-order valence-corrected chi connectivity index (χ1v) is 3.92. The summed E-state index contributed by atoms with van der Waals surface area (Å²) in [6.07, 6.45) is -0.208. The summed E-state index contributed by atoms with van der Waals surface area (Å²) in [7, 11) is 0. The van der Waals surface area contributed by atoms with Crippen molar-refractivity contribution < 1.29 is 19.1 Å². The van der Waals surface area contributed by atoms with Crippen LogP contribution in [0.5, 0.6) is 0 Å². The standard InChI is InChI=1S/C8H13NO4/c1-6(10)5-8(12)13-4-3-9-7(2)11/h3-5H2,1-2H3,(H,9,11). The molecule has 0 rings (SSSR count). The third-order valence-corrected chi connectivity index (χ3v) is 1.13. The van der Waals surface area contributed by atoms with Gasteiger partial charge in [0, 0.05) is 6.92 Å². The highest BCUT2D eigenvalue weighted by Crippen LogP contribution is 1.86. The highest BCUT2D eigenvalue weighted by Gasteiger charge is 2.05. The lowest BCUT2D eigenvalue weighted by Crippen LogP contribution is -2.25. The molecule has 13 heavy (non-hydrogen) atoms. The lowest BCUT2D eigenvalue weighted by atomic mass is 10.3. The van der Waals surface area contributed by atoms with Gasteiger partial charge in [-0.15, -0.1) is 0 Å². The minimum absolute atomic E-state index is 0.103. The molecule has 0 saturated carbocycles. The second kappa shape index (κ2) is 6.16. The van der Waals surface area contributed by atoms with Crippen LogP contribution in [0.15, 0.2) is 0 Å². The Hall–Kier alpha value is -1.39. The summed E-state index contributed by atoms with van der Waals surface area (Å²) in [4.78, 5) is 31.5. The zero-order chi connectivity index (χ0) is 10.3. The van der Waals surface area contributed by atoms with Crippen molar-refractivity contribution in [3.8, 4) is 0 Å². The Balaban J connectivity index is 3.37. The Morgan fingerprint density at radius 3 is 2.31 bits per heavy atom. The molecule has 5 nitrogen and oxygen atoms in total. The number of esters is 1. The fourth-order valence-electron chi connectivity index (χ4n) is 0.646. The highest BCUT2D eigenvalue weighted by molar-refractivity contribution is 5.94. The van der Waals surface area contributed by atoms with Crippen LogP contribution in [-0.4, -0.2) is 30.8 Å². The van der Waals surface area contributed by atoms with E-state index < -0.39 is 5.97 Å². The lowest BCUT2D eigenvalue weighted by Gasteiger charge is -2.03. The summed E-state index contributed by atoms with van der Waals surface area (Å²) in [6, 6.07) is 0. The molecule has 0 aromatic heterocycles. The smallest absolute Gasteiger partial charge is 0.313 e. The largest absolute Gasteiger partial charge is 0.463 e. The van der Waals surface area contributed by atoms with E-state index in [0.29, 0.717) is 0 Å². The SMILES string of the molecule is CC(=O)CC(=O)OCCNC(C)=O. The minimum atomic E-state index is -0.558. The van der Waals surface area contributed by atoms with Crippen molar-refractivity contribution in [2.45, 2.75) is 20.3 Å². The molecule has 0 unspecified atom stereocenters. The van der Waals surface area contributed by atoms with E-state index in [9.17, 15) is 14.4 Å². The predicted octanol–water partition coefficient (Wildman–Crippen LogP) is -0.355. The molecule has 0 aromatic rings. The monoisotopic (exact) mass is 187 g/mol. The first-order chi connectivity index (χ1) is 6.02. The molecule has 0 fully saturated rings. The maximum atomic E-state index is 10.7. The van der Waals surface area contributed by atoms with Crippen molar-refractivity contribution in [1.29, 1.82) is 0 Å². The molecule has 5 heteroatoms. The summed E-state index contributed by atoms with van der Waals surface area (Å²) in [5, 5.41) is 2.45. The first kappa shape index (κ1) is 11.6. The van der Waals surface area contributed by atoms with Crippen LogP contribution in [0.2, 0.25) is 0 Å². The zero-order valence-corrected chi connectivity index (χ0v) is 7.75. The minimum Gasteiger partial charge on any atom is -0.463 e. The first-order valence-electron chi connectivity index (χ1n) is 3.92. The lowest BCUT2D eigenvalue weighted by molar-refractivity contribution is -0.145. The van der Waals surface area contributed by atoms with Crippen molar-refractivity contribution in [2.75, 3.05) is 13.2 Å². The average molecular weight is 187 g/mol. The van der Waals surface area contributed by atoms with E-state index in [1.165, 1.54) is 13.8 Å². The Bertz CT molecular complexity index is 212. The van der Waals surface area contributed by atoms with Crippen LogP contribution in [0, 0.1) is 0 Å². The number of ether oxygens (including phenoxy) is 1. The number of hydrogen-bond acceptors (Lipinski definition) is 4. The van der Waals surface area contributed by atoms with Gasteiger partial charge in [0.1, 0.15) is 18.8 Å². The Labute approximate surface area is 76.4 Å². The molecule has 0 atom stereocenters. The van der Waals surface area contributed by atoms with Gasteiger partial charge < -0.3 is 10.1 Å². The molecule has 0 aliphatic carbocycles. The second-order valence-electron chi connectivity index (χ2n) is 2.58. The normalized spacial score (nSPS) is 9.08. The van der Waals surface area contributed by atoms with Gasteiger partial charge in [-0.05, 0) is 6.92 Å². The summed E-state index contributed by atoms with van der Waals surface area (Å²) in [5.74, 6) is -0.968. The average Bonchev–Trinajstić information content (AvgIpc) is 1.96. The van der Waals surface area contributed by atoms with Crippen LogP contribution >= 0.6 is 0 Å². The molecule has 74 valence electrons. The van der Waals surface area contributed by atoms with Crippen LogP contribution in [-0.2, 0) is 19.1 Å². The third kappa shape index (κ3) is 8.52. The molecule has 0 radical (unpaired) electrons. The van der Waals surface area contributed by atoms with Crippen molar-refractivity contribution in [3.63, 3.8) is 0 Å². The number of ketones is 1. The Kier molecular flexibility index (Phi) is 5.50. The van der Waals surface area contributed by atoms with Crippen LogP contribution in [0.25, 0.3) is 0 Å². The van der Waals surface area contributed by atoms with Crippen LogP contribution in [0.1, 0.15) is 20.3 Å². The summed E-state index contributed by atoms with van der Waals surface area (Å²) >= 11 is 0. The van der Waals surface area contributed by atoms with E-state index in [-0.39, 0.29) is 31.3 Å². The second-order valence-corrected chi connectivity index (χ2v) is 2.58. The van der Waals surface area contributed by atoms with Gasteiger partial charge in [-0.1, -0.05) is 0 Å². The number of nitrogens with one attached hydrogen (secondary N) is 1. The fourth-order valence-corrected chi connectivity index (χ4v) is 0.646. The predicted molar refractivity (Wildman–Crippen MR) is 44.9 cm³/mol. The molecule has 0 aliphatic rings. The van der Waals surface area contributed by atoms with E-state index in [0.717, 1.165) is 0 Å². The van der Waals surface area contributed by atoms with Crippen LogP contribution < -0.4 is 5.32 Å². The number of Topliss-reactive ketones (excluding diaryl/α,β-unsaturated/α-hetero) is 1. The summed E-state index contributed by atoms with van der Waals surface area (Å²) in [5.41, 5.74) is 0. The molecule has 0 saturated heterocycles. The molecule has 0 heterocycles. The van der Waals surface area contributed by atoms with Gasteiger partial charge in [-0.3, -0.25) is 14.4 Å². The maximum absolute atomic E-state index is 10.7. The van der Waals surface area contributed by atoms with Crippen molar-refractivity contribution in [1.82, 2.24) is 5.32 Å². The number of carbonyl (C=O) groups excluding carboxylic acids is 3. The number of carbonyl (C=O) groups is 3. The van der Waals surface area contributed by atoms with E-state index in [4.69, 9.17) is 0 Å². The fraction of sp³-hybridized carbons (Fsp3) is 0.625. The van der Waals surface area contributed by atoms with Gasteiger partial charge >= 0.3 is 5.97 Å². The number of rotatable bonds is 5. The molecule has 0 spiro atoms. The van der Waals surface area contributed by atoms with Gasteiger partial charge in [0.2, 0.25) is 5.91 Å². The Morgan fingerprint density at radius 1 is 1.23 bits per heavy atom.